The molecule has 0 spiro atoms. The average Bonchev–Trinajstić information content (AvgIpc) is 1.77. The van der Waals surface area contributed by atoms with Gasteiger partial charge in [-0.2, -0.15) is 0 Å². The van der Waals surface area contributed by atoms with E-state index in [1.807, 2.05) is 0 Å². The van der Waals surface area contributed by atoms with Gasteiger partial charge in [-0.15, -0.1) is 0 Å². The number of pyridine rings is 1. The van der Waals surface area contributed by atoms with E-state index in [9.17, 15) is 5.11 Å². The maximum absolute atomic E-state index is 10.2. The first kappa shape index (κ1) is 4.90. The summed E-state index contributed by atoms with van der Waals surface area (Å²) >= 11 is 0. The number of hydrogen-bond acceptors (Lipinski definition) is 2. The Morgan fingerprint density at radius 2 is 2.25 bits per heavy atom. The summed E-state index contributed by atoms with van der Waals surface area (Å²) in [6.07, 6.45) is 1.11. The van der Waals surface area contributed by atoms with Crippen LogP contribution in [0.25, 0.3) is 0 Å². The Hall–Kier alpha value is -1.25. The van der Waals surface area contributed by atoms with Crippen molar-refractivity contribution >= 4 is 0 Å². The number of hydrogen-bond donors (Lipinski definition) is 1. The van der Waals surface area contributed by atoms with E-state index in [1.165, 1.54) is 12.1 Å². The van der Waals surface area contributed by atoms with Crippen molar-refractivity contribution < 1.29 is 10.2 Å². The lowest BCUT2D eigenvalue weighted by Gasteiger charge is -1.85. The Morgan fingerprint density at radius 1 is 1.50 bits per heavy atom. The van der Waals surface area contributed by atoms with E-state index < -0.39 is 0 Å². The molecule has 1 aromatic rings. The molecule has 3 heteroatoms. The third kappa shape index (κ3) is 0.872. The predicted octanol–water partition coefficient (Wildman–Crippen LogP) is 0.931. The fraction of sp³-hybridized carbons (Fsp3) is 0. The molecular weight excluding hydrogens is 106 g/mol. The molecule has 0 aliphatic rings. The van der Waals surface area contributed by atoms with Gasteiger partial charge >= 0.3 is 0 Å². The second-order valence-electron chi connectivity index (χ2n) is 1.35. The lowest BCUT2D eigenvalue weighted by molar-refractivity contribution is 0.335. The predicted molar refractivity (Wildman–Crippen MR) is 26.0 cm³/mol. The number of aromatic hydroxyl groups is 1. The molecule has 3 nitrogen and oxygen atoms in total. The molecule has 41 valence electrons. The van der Waals surface area contributed by atoms with Crippen molar-refractivity contribution in [1.82, 2.24) is 4.98 Å². The normalized spacial score (nSPS) is 9.00. The van der Waals surface area contributed by atoms with Crippen LogP contribution in [0.3, 0.4) is 0 Å². The SMILES string of the molecule is [O]c1ccc(O)cn1. The van der Waals surface area contributed by atoms with Crippen molar-refractivity contribution in [3.8, 4) is 11.6 Å². The van der Waals surface area contributed by atoms with E-state index in [1.54, 1.807) is 0 Å². The quantitative estimate of drug-likeness (QED) is 0.540. The Labute approximate surface area is 46.2 Å². The minimum Gasteiger partial charge on any atom is -0.506 e. The highest BCUT2D eigenvalue weighted by molar-refractivity contribution is 5.19. The number of aromatic nitrogens is 1. The third-order valence-corrected chi connectivity index (χ3v) is 0.721. The highest BCUT2D eigenvalue weighted by atomic mass is 16.3. The summed E-state index contributed by atoms with van der Waals surface area (Å²) < 4.78 is 0. The minimum atomic E-state index is -0.331. The monoisotopic (exact) mass is 110 g/mol. The second-order valence-corrected chi connectivity index (χ2v) is 1.35. The summed E-state index contributed by atoms with van der Waals surface area (Å²) in [4.78, 5) is 3.27. The van der Waals surface area contributed by atoms with Gasteiger partial charge in [-0.1, -0.05) is 0 Å². The molecule has 0 amide bonds. The summed E-state index contributed by atoms with van der Waals surface area (Å²) in [5.41, 5.74) is 0. The third-order valence-electron chi connectivity index (χ3n) is 0.721. The van der Waals surface area contributed by atoms with Gasteiger partial charge in [0.15, 0.2) is 0 Å². The van der Waals surface area contributed by atoms with Gasteiger partial charge in [0.1, 0.15) is 5.75 Å². The van der Waals surface area contributed by atoms with Crippen LogP contribution in [0, 0.1) is 0 Å². The van der Waals surface area contributed by atoms with Crippen LogP contribution in [0.15, 0.2) is 18.3 Å². The maximum Gasteiger partial charge on any atom is 0.269 e. The topological polar surface area (TPSA) is 53.0 Å². The average molecular weight is 110 g/mol. The lowest BCUT2D eigenvalue weighted by atomic mass is 10.5. The van der Waals surface area contributed by atoms with Gasteiger partial charge in [-0.05, 0) is 6.07 Å². The Balaban J connectivity index is 3.03. The molecule has 1 aromatic heterocycles. The zero-order valence-electron chi connectivity index (χ0n) is 4.03. The molecular formula is C5H4NO2. The molecule has 0 aliphatic heterocycles. The van der Waals surface area contributed by atoms with Crippen LogP contribution in [-0.4, -0.2) is 10.1 Å². The van der Waals surface area contributed by atoms with Gasteiger partial charge in [-0.25, -0.2) is 4.98 Å². The molecule has 1 rings (SSSR count). The van der Waals surface area contributed by atoms with Gasteiger partial charge < -0.3 is 5.11 Å². The molecule has 1 N–H and O–H groups in total. The zero-order chi connectivity index (χ0) is 5.98. The van der Waals surface area contributed by atoms with Gasteiger partial charge in [0, 0.05) is 6.07 Å². The molecule has 0 aromatic carbocycles. The van der Waals surface area contributed by atoms with Gasteiger partial charge in [0.05, 0.1) is 6.20 Å². The van der Waals surface area contributed by atoms with Crippen molar-refractivity contribution in [2.45, 2.75) is 0 Å². The smallest absolute Gasteiger partial charge is 0.269 e. The number of nitrogens with zero attached hydrogens (tertiary/aromatic N) is 1. The highest BCUT2D eigenvalue weighted by Gasteiger charge is 1.88. The van der Waals surface area contributed by atoms with Gasteiger partial charge in [-0.3, -0.25) is 5.11 Å². The summed E-state index contributed by atoms with van der Waals surface area (Å²) in [7, 11) is 0. The second kappa shape index (κ2) is 1.69. The van der Waals surface area contributed by atoms with Crippen molar-refractivity contribution in [1.29, 1.82) is 0 Å². The first-order valence-electron chi connectivity index (χ1n) is 2.11. The van der Waals surface area contributed by atoms with E-state index in [-0.39, 0.29) is 11.6 Å². The molecule has 0 unspecified atom stereocenters. The van der Waals surface area contributed by atoms with Crippen LogP contribution < -0.4 is 0 Å². The molecule has 0 atom stereocenters. The van der Waals surface area contributed by atoms with Crippen LogP contribution in [0.5, 0.6) is 11.6 Å². The first-order chi connectivity index (χ1) is 3.79. The lowest BCUT2D eigenvalue weighted by Crippen LogP contribution is -1.68. The van der Waals surface area contributed by atoms with E-state index in [2.05, 4.69) is 4.98 Å². The first-order valence-corrected chi connectivity index (χ1v) is 2.11. The van der Waals surface area contributed by atoms with Gasteiger partial charge in [0.2, 0.25) is 0 Å². The molecule has 0 fully saturated rings. The number of rotatable bonds is 0. The largest absolute Gasteiger partial charge is 0.506 e. The van der Waals surface area contributed by atoms with Crippen molar-refractivity contribution in [2.75, 3.05) is 0 Å². The highest BCUT2D eigenvalue weighted by Crippen LogP contribution is 2.09. The van der Waals surface area contributed by atoms with Crippen LogP contribution in [0.2, 0.25) is 0 Å². The van der Waals surface area contributed by atoms with Crippen molar-refractivity contribution in [3.05, 3.63) is 18.3 Å². The van der Waals surface area contributed by atoms with E-state index >= 15 is 0 Å². The van der Waals surface area contributed by atoms with Crippen LogP contribution in [0.4, 0.5) is 0 Å². The fourth-order valence-electron chi connectivity index (χ4n) is 0.372. The minimum absolute atomic E-state index is 0.0181. The van der Waals surface area contributed by atoms with E-state index in [4.69, 9.17) is 5.11 Å². The van der Waals surface area contributed by atoms with Crippen LogP contribution >= 0.6 is 0 Å². The Kier molecular flexibility index (Phi) is 1.04. The van der Waals surface area contributed by atoms with E-state index in [0.717, 1.165) is 6.20 Å². The molecule has 0 saturated carbocycles. The molecule has 0 saturated heterocycles. The summed E-state index contributed by atoms with van der Waals surface area (Å²) in [5, 5.41) is 18.8. The molecule has 1 radical (unpaired) electrons. The van der Waals surface area contributed by atoms with Gasteiger partial charge in [0.25, 0.3) is 5.88 Å². The molecule has 1 heterocycles. The summed E-state index contributed by atoms with van der Waals surface area (Å²) in [6, 6.07) is 2.50. The Morgan fingerprint density at radius 3 is 2.62 bits per heavy atom. The standard InChI is InChI=1S/C5H4NO2/c7-4-1-2-5(8)6-3-4/h1-3,7H. The van der Waals surface area contributed by atoms with Crippen molar-refractivity contribution in [2.24, 2.45) is 0 Å². The Bertz CT molecular complexity index is 149. The molecule has 8 heavy (non-hydrogen) atoms. The molecule has 0 aliphatic carbocycles. The fourth-order valence-corrected chi connectivity index (χ4v) is 0.372. The van der Waals surface area contributed by atoms with E-state index in [0.29, 0.717) is 0 Å². The molecule has 0 bridgehead atoms. The summed E-state index contributed by atoms with van der Waals surface area (Å²) in [6.45, 7) is 0. The summed E-state index contributed by atoms with van der Waals surface area (Å²) in [5.74, 6) is -0.313. The van der Waals surface area contributed by atoms with Crippen LogP contribution in [-0.2, 0) is 5.11 Å². The van der Waals surface area contributed by atoms with Crippen LogP contribution in [0.1, 0.15) is 0 Å². The zero-order valence-corrected chi connectivity index (χ0v) is 4.03. The van der Waals surface area contributed by atoms with Crippen molar-refractivity contribution in [3.63, 3.8) is 0 Å². The maximum atomic E-state index is 10.2.